The number of methoxy groups -OCH3 is 2. The number of halogens is 1. The second kappa shape index (κ2) is 7.72. The van der Waals surface area contributed by atoms with Crippen LogP contribution in [0.5, 0.6) is 11.5 Å². The van der Waals surface area contributed by atoms with Crippen molar-refractivity contribution in [2.45, 2.75) is 6.10 Å². The van der Waals surface area contributed by atoms with E-state index >= 15 is 0 Å². The van der Waals surface area contributed by atoms with Crippen LogP contribution < -0.4 is 14.8 Å². The van der Waals surface area contributed by atoms with Crippen LogP contribution in [0.3, 0.4) is 0 Å². The van der Waals surface area contributed by atoms with Gasteiger partial charge < -0.3 is 19.9 Å². The molecule has 3 rings (SSSR count). The minimum Gasteiger partial charge on any atom is -0.497 e. The molecule has 0 aliphatic heterocycles. The molecular weight excluding hydrogens is 357 g/mol. The van der Waals surface area contributed by atoms with E-state index in [4.69, 9.17) is 9.47 Å². The number of rotatable bonds is 6. The lowest BCUT2D eigenvalue weighted by Gasteiger charge is -2.16. The molecule has 3 aromatic rings. The van der Waals surface area contributed by atoms with E-state index in [0.717, 1.165) is 0 Å². The maximum absolute atomic E-state index is 13.8. The summed E-state index contributed by atoms with van der Waals surface area (Å²) in [6.07, 6.45) is -0.977. The van der Waals surface area contributed by atoms with Gasteiger partial charge in [-0.05, 0) is 36.4 Å². The maximum Gasteiger partial charge on any atom is 0.261 e. The number of fused-ring (bicyclic) bond motifs is 1. The molecule has 0 spiro atoms. The topological polar surface area (TPSA) is 67.8 Å². The van der Waals surface area contributed by atoms with Gasteiger partial charge in [0.1, 0.15) is 23.4 Å². The molecule has 26 heavy (non-hydrogen) atoms. The Balaban J connectivity index is 1.73. The fraction of sp³-hybridized carbons (Fsp3) is 0.211. The number of ether oxygens (including phenoxy) is 2. The van der Waals surface area contributed by atoms with Gasteiger partial charge in [0.05, 0.1) is 19.1 Å². The molecule has 7 heteroatoms. The van der Waals surface area contributed by atoms with Gasteiger partial charge in [-0.1, -0.05) is 6.07 Å². The monoisotopic (exact) mass is 375 g/mol. The van der Waals surface area contributed by atoms with Gasteiger partial charge in [0.25, 0.3) is 5.91 Å². The summed E-state index contributed by atoms with van der Waals surface area (Å²) in [5.74, 6) is 0.341. The van der Waals surface area contributed by atoms with Gasteiger partial charge in [-0.25, -0.2) is 4.39 Å². The molecule has 0 saturated heterocycles. The van der Waals surface area contributed by atoms with Crippen molar-refractivity contribution in [2.24, 2.45) is 0 Å². The highest BCUT2D eigenvalue weighted by atomic mass is 32.1. The van der Waals surface area contributed by atoms with E-state index < -0.39 is 6.10 Å². The molecule has 5 nitrogen and oxygen atoms in total. The van der Waals surface area contributed by atoms with Gasteiger partial charge in [0, 0.05) is 22.2 Å². The number of aliphatic hydroxyl groups excluding tert-OH is 1. The fourth-order valence-electron chi connectivity index (χ4n) is 2.62. The van der Waals surface area contributed by atoms with Gasteiger partial charge in [0.2, 0.25) is 0 Å². The number of carbonyl (C=O) groups is 1. The van der Waals surface area contributed by atoms with Crippen molar-refractivity contribution >= 4 is 27.3 Å². The number of amides is 1. The van der Waals surface area contributed by atoms with Gasteiger partial charge in [0.15, 0.2) is 0 Å². The third kappa shape index (κ3) is 3.63. The van der Waals surface area contributed by atoms with Crippen LogP contribution in [0.25, 0.3) is 10.1 Å². The van der Waals surface area contributed by atoms with Gasteiger partial charge in [-0.15, -0.1) is 11.3 Å². The van der Waals surface area contributed by atoms with Crippen LogP contribution in [0.4, 0.5) is 4.39 Å². The summed E-state index contributed by atoms with van der Waals surface area (Å²) in [6.45, 7) is -0.0148. The molecule has 0 aliphatic rings. The summed E-state index contributed by atoms with van der Waals surface area (Å²) >= 11 is 1.20. The Morgan fingerprint density at radius 2 is 2.04 bits per heavy atom. The number of nitrogens with one attached hydrogen (secondary N) is 1. The van der Waals surface area contributed by atoms with Crippen LogP contribution in [0.15, 0.2) is 42.5 Å². The van der Waals surface area contributed by atoms with Crippen LogP contribution in [0, 0.1) is 5.82 Å². The van der Waals surface area contributed by atoms with E-state index in [9.17, 15) is 14.3 Å². The average Bonchev–Trinajstić information content (AvgIpc) is 3.11. The lowest BCUT2D eigenvalue weighted by molar-refractivity contribution is 0.0918. The Morgan fingerprint density at radius 1 is 1.23 bits per heavy atom. The third-order valence-corrected chi connectivity index (χ3v) is 5.08. The Morgan fingerprint density at radius 3 is 2.73 bits per heavy atom. The predicted molar refractivity (Wildman–Crippen MR) is 98.6 cm³/mol. The lowest BCUT2D eigenvalue weighted by atomic mass is 10.1. The highest BCUT2D eigenvalue weighted by Crippen LogP contribution is 2.30. The molecule has 1 heterocycles. The first-order valence-electron chi connectivity index (χ1n) is 7.89. The van der Waals surface area contributed by atoms with E-state index in [1.165, 1.54) is 37.7 Å². The van der Waals surface area contributed by atoms with Crippen molar-refractivity contribution in [3.8, 4) is 11.5 Å². The Bertz CT molecular complexity index is 940. The van der Waals surface area contributed by atoms with Crippen molar-refractivity contribution in [3.63, 3.8) is 0 Å². The van der Waals surface area contributed by atoms with Gasteiger partial charge >= 0.3 is 0 Å². The van der Waals surface area contributed by atoms with Crippen LogP contribution in [-0.4, -0.2) is 31.8 Å². The van der Waals surface area contributed by atoms with Crippen molar-refractivity contribution in [1.82, 2.24) is 5.32 Å². The molecule has 0 fully saturated rings. The number of benzene rings is 2. The molecule has 0 saturated carbocycles. The molecule has 1 atom stereocenters. The smallest absolute Gasteiger partial charge is 0.261 e. The molecule has 2 N–H and O–H groups in total. The third-order valence-electron chi connectivity index (χ3n) is 3.98. The largest absolute Gasteiger partial charge is 0.497 e. The zero-order chi connectivity index (χ0) is 18.7. The Kier molecular flexibility index (Phi) is 5.39. The van der Waals surface area contributed by atoms with Crippen LogP contribution in [0.1, 0.15) is 21.3 Å². The zero-order valence-electron chi connectivity index (χ0n) is 14.3. The molecule has 1 amide bonds. The molecule has 0 radical (unpaired) electrons. The summed E-state index contributed by atoms with van der Waals surface area (Å²) in [7, 11) is 3.03. The van der Waals surface area contributed by atoms with Crippen molar-refractivity contribution < 1.29 is 23.8 Å². The van der Waals surface area contributed by atoms with E-state index in [1.807, 2.05) is 0 Å². The maximum atomic E-state index is 13.8. The minimum absolute atomic E-state index is 0.0148. The summed E-state index contributed by atoms with van der Waals surface area (Å²) in [5, 5.41) is 13.5. The number of aliphatic hydroxyl groups is 1. The zero-order valence-corrected chi connectivity index (χ0v) is 15.1. The second-order valence-corrected chi connectivity index (χ2v) is 6.68. The first-order chi connectivity index (χ1) is 12.5. The Labute approximate surface area is 154 Å². The van der Waals surface area contributed by atoms with E-state index in [1.54, 1.807) is 30.3 Å². The minimum atomic E-state index is -0.977. The quantitative estimate of drug-likeness (QED) is 0.692. The normalized spacial score (nSPS) is 12.0. The average molecular weight is 375 g/mol. The van der Waals surface area contributed by atoms with Crippen molar-refractivity contribution in [3.05, 3.63) is 58.7 Å². The fourth-order valence-corrected chi connectivity index (χ4v) is 3.62. The van der Waals surface area contributed by atoms with Crippen molar-refractivity contribution in [1.29, 1.82) is 0 Å². The number of hydrogen-bond donors (Lipinski definition) is 2. The summed E-state index contributed by atoms with van der Waals surface area (Å²) < 4.78 is 24.9. The second-order valence-electron chi connectivity index (χ2n) is 5.60. The number of thiophene rings is 1. The van der Waals surface area contributed by atoms with Crippen LogP contribution >= 0.6 is 11.3 Å². The summed E-state index contributed by atoms with van der Waals surface area (Å²) in [6, 6.07) is 11.3. The summed E-state index contributed by atoms with van der Waals surface area (Å²) in [5.41, 5.74) is 0.509. The van der Waals surface area contributed by atoms with Crippen molar-refractivity contribution in [2.75, 3.05) is 20.8 Å². The van der Waals surface area contributed by atoms with Crippen LogP contribution in [0.2, 0.25) is 0 Å². The first-order valence-corrected chi connectivity index (χ1v) is 8.71. The first kappa shape index (κ1) is 18.2. The molecule has 136 valence electrons. The van der Waals surface area contributed by atoms with E-state index in [0.29, 0.717) is 32.0 Å². The highest BCUT2D eigenvalue weighted by molar-refractivity contribution is 7.20. The molecule has 0 aliphatic carbocycles. The predicted octanol–water partition coefficient (Wildman–Crippen LogP) is 3.52. The van der Waals surface area contributed by atoms with E-state index in [-0.39, 0.29) is 18.3 Å². The highest BCUT2D eigenvalue weighted by Gasteiger charge is 2.17. The Hall–Kier alpha value is -2.64. The van der Waals surface area contributed by atoms with Crippen LogP contribution in [-0.2, 0) is 0 Å². The molecule has 1 aromatic heterocycles. The number of carbonyl (C=O) groups excluding carboxylic acids is 1. The number of hydrogen-bond acceptors (Lipinski definition) is 5. The molecule has 2 aromatic carbocycles. The SMILES string of the molecule is COc1ccc(OC)c([C@H](O)CNC(=O)c2cc3c(F)cccc3s2)c1. The lowest BCUT2D eigenvalue weighted by Crippen LogP contribution is -2.27. The van der Waals surface area contributed by atoms with E-state index in [2.05, 4.69) is 5.32 Å². The molecule has 0 unspecified atom stereocenters. The summed E-state index contributed by atoms with van der Waals surface area (Å²) in [4.78, 5) is 12.7. The molecular formula is C19H18FNO4S. The standard InChI is InChI=1S/C19H18FNO4S/c1-24-11-6-7-16(25-2)13(8-11)15(22)10-21-19(23)18-9-12-14(20)4-3-5-17(12)26-18/h3-9,15,22H,10H2,1-2H3,(H,21,23)/t15-/m1/s1. The molecule has 0 bridgehead atoms. The van der Waals surface area contributed by atoms with Gasteiger partial charge in [-0.3, -0.25) is 4.79 Å². The van der Waals surface area contributed by atoms with Gasteiger partial charge in [-0.2, -0.15) is 0 Å².